The van der Waals surface area contributed by atoms with Crippen molar-refractivity contribution in [3.8, 4) is 0 Å². The standard InChI is InChI=1S/C10H7BrN4O2/c11-6-1-2-15-8(3-6)12-10(13-15)14-5-7(16)4-9(14)17/h1-3H,4-5H2. The van der Waals surface area contributed by atoms with Crippen LogP contribution in [0.25, 0.3) is 5.65 Å². The molecule has 0 atom stereocenters. The van der Waals surface area contributed by atoms with Crippen LogP contribution in [0.15, 0.2) is 22.8 Å². The Morgan fingerprint density at radius 1 is 1.35 bits per heavy atom. The summed E-state index contributed by atoms with van der Waals surface area (Å²) in [5, 5.41) is 4.16. The molecule has 0 bridgehead atoms. The molecule has 0 radical (unpaired) electrons. The normalized spacial score (nSPS) is 16.2. The van der Waals surface area contributed by atoms with E-state index >= 15 is 0 Å². The molecule has 3 heterocycles. The van der Waals surface area contributed by atoms with Crippen molar-refractivity contribution >= 4 is 39.2 Å². The van der Waals surface area contributed by atoms with Gasteiger partial charge >= 0.3 is 0 Å². The lowest BCUT2D eigenvalue weighted by molar-refractivity contribution is -0.121. The van der Waals surface area contributed by atoms with Gasteiger partial charge in [0.2, 0.25) is 5.91 Å². The number of Topliss-reactive ketones (excluding diaryl/α,β-unsaturated/α-hetero) is 1. The van der Waals surface area contributed by atoms with E-state index in [4.69, 9.17) is 0 Å². The summed E-state index contributed by atoms with van der Waals surface area (Å²) in [6.45, 7) is 0.0664. The second-order valence-corrected chi connectivity index (χ2v) is 4.67. The van der Waals surface area contributed by atoms with E-state index in [1.165, 1.54) is 4.90 Å². The molecule has 2 aromatic rings. The molecular weight excluding hydrogens is 288 g/mol. The molecule has 1 saturated heterocycles. The second kappa shape index (κ2) is 3.63. The summed E-state index contributed by atoms with van der Waals surface area (Å²) in [7, 11) is 0. The zero-order chi connectivity index (χ0) is 12.0. The van der Waals surface area contributed by atoms with Gasteiger partial charge < -0.3 is 0 Å². The molecule has 1 aliphatic heterocycles. The number of ketones is 1. The fraction of sp³-hybridized carbons (Fsp3) is 0.200. The van der Waals surface area contributed by atoms with Gasteiger partial charge in [0.05, 0.1) is 13.0 Å². The average molecular weight is 295 g/mol. The highest BCUT2D eigenvalue weighted by molar-refractivity contribution is 9.10. The van der Waals surface area contributed by atoms with Crippen LogP contribution in [0.5, 0.6) is 0 Å². The van der Waals surface area contributed by atoms with Crippen molar-refractivity contribution in [1.29, 1.82) is 0 Å². The van der Waals surface area contributed by atoms with Gasteiger partial charge in [-0.2, -0.15) is 4.98 Å². The summed E-state index contributed by atoms with van der Waals surface area (Å²) in [5.74, 6) is -0.0704. The number of anilines is 1. The van der Waals surface area contributed by atoms with E-state index in [9.17, 15) is 9.59 Å². The van der Waals surface area contributed by atoms with Gasteiger partial charge in [0.25, 0.3) is 5.95 Å². The first kappa shape index (κ1) is 10.4. The van der Waals surface area contributed by atoms with Gasteiger partial charge in [0, 0.05) is 10.7 Å². The van der Waals surface area contributed by atoms with Gasteiger partial charge in [0.1, 0.15) is 0 Å². The predicted molar refractivity (Wildman–Crippen MR) is 62.7 cm³/mol. The third-order valence-corrected chi connectivity index (χ3v) is 3.01. The fourth-order valence-electron chi connectivity index (χ4n) is 1.73. The van der Waals surface area contributed by atoms with E-state index in [2.05, 4.69) is 26.0 Å². The van der Waals surface area contributed by atoms with Crippen molar-refractivity contribution < 1.29 is 9.59 Å². The highest BCUT2D eigenvalue weighted by Crippen LogP contribution is 2.18. The third-order valence-electron chi connectivity index (χ3n) is 2.51. The summed E-state index contributed by atoms with van der Waals surface area (Å²) < 4.78 is 2.45. The van der Waals surface area contributed by atoms with Crippen LogP contribution in [-0.2, 0) is 9.59 Å². The predicted octanol–water partition coefficient (Wildman–Crippen LogP) is 0.798. The molecule has 6 nitrogen and oxygen atoms in total. The molecular formula is C10H7BrN4O2. The Morgan fingerprint density at radius 2 is 2.18 bits per heavy atom. The maximum atomic E-state index is 11.5. The minimum atomic E-state index is -0.245. The molecule has 0 N–H and O–H groups in total. The highest BCUT2D eigenvalue weighted by atomic mass is 79.9. The lowest BCUT2D eigenvalue weighted by Crippen LogP contribution is -2.25. The molecule has 1 aliphatic rings. The van der Waals surface area contributed by atoms with Crippen molar-refractivity contribution in [2.24, 2.45) is 0 Å². The molecule has 0 aromatic carbocycles. The van der Waals surface area contributed by atoms with Crippen LogP contribution >= 0.6 is 15.9 Å². The number of rotatable bonds is 1. The van der Waals surface area contributed by atoms with Crippen LogP contribution < -0.4 is 4.90 Å². The Kier molecular flexibility index (Phi) is 2.22. The number of hydrogen-bond acceptors (Lipinski definition) is 4. The number of carbonyl (C=O) groups excluding carboxylic acids is 2. The molecule has 7 heteroatoms. The lowest BCUT2D eigenvalue weighted by atomic mass is 10.3. The first-order valence-electron chi connectivity index (χ1n) is 4.97. The van der Waals surface area contributed by atoms with Crippen LogP contribution in [0.1, 0.15) is 6.42 Å². The summed E-state index contributed by atoms with van der Waals surface area (Å²) >= 11 is 3.33. The minimum Gasteiger partial charge on any atom is -0.297 e. The Labute approximate surface area is 104 Å². The third kappa shape index (κ3) is 1.72. The summed E-state index contributed by atoms with van der Waals surface area (Å²) in [4.78, 5) is 28.2. The van der Waals surface area contributed by atoms with E-state index in [-0.39, 0.29) is 30.6 Å². The lowest BCUT2D eigenvalue weighted by Gasteiger charge is -2.07. The fourth-order valence-corrected chi connectivity index (χ4v) is 2.05. The van der Waals surface area contributed by atoms with Crippen LogP contribution in [0, 0.1) is 0 Å². The first-order valence-corrected chi connectivity index (χ1v) is 5.77. The molecule has 3 rings (SSSR count). The first-order chi connectivity index (χ1) is 8.13. The Hall–Kier alpha value is -1.76. The van der Waals surface area contributed by atoms with Gasteiger partial charge in [-0.15, -0.1) is 5.10 Å². The molecule has 86 valence electrons. The molecule has 0 aliphatic carbocycles. The smallest absolute Gasteiger partial charge is 0.252 e. The molecule has 0 spiro atoms. The number of nitrogens with zero attached hydrogens (tertiary/aromatic N) is 4. The Morgan fingerprint density at radius 3 is 2.88 bits per heavy atom. The van der Waals surface area contributed by atoms with E-state index in [0.717, 1.165) is 4.47 Å². The van der Waals surface area contributed by atoms with E-state index in [0.29, 0.717) is 5.65 Å². The van der Waals surface area contributed by atoms with Gasteiger partial charge in [-0.3, -0.25) is 14.5 Å². The van der Waals surface area contributed by atoms with Crippen LogP contribution in [0.2, 0.25) is 0 Å². The quantitative estimate of drug-likeness (QED) is 0.730. The molecule has 2 aromatic heterocycles. The minimum absolute atomic E-state index is 0.0563. The molecule has 0 saturated carbocycles. The van der Waals surface area contributed by atoms with Gasteiger partial charge in [0.15, 0.2) is 11.4 Å². The topological polar surface area (TPSA) is 67.6 Å². The van der Waals surface area contributed by atoms with Crippen LogP contribution in [-0.4, -0.2) is 32.8 Å². The summed E-state index contributed by atoms with van der Waals surface area (Å²) in [5.41, 5.74) is 0.626. The number of aromatic nitrogens is 3. The van der Waals surface area contributed by atoms with E-state index < -0.39 is 0 Å². The van der Waals surface area contributed by atoms with E-state index in [1.54, 1.807) is 16.8 Å². The maximum absolute atomic E-state index is 11.5. The van der Waals surface area contributed by atoms with Crippen LogP contribution in [0.3, 0.4) is 0 Å². The zero-order valence-electron chi connectivity index (χ0n) is 8.63. The van der Waals surface area contributed by atoms with Crippen molar-refractivity contribution in [2.75, 3.05) is 11.4 Å². The van der Waals surface area contributed by atoms with Gasteiger partial charge in [-0.25, -0.2) is 4.52 Å². The maximum Gasteiger partial charge on any atom is 0.252 e. The molecule has 1 amide bonds. The summed E-state index contributed by atoms with van der Waals surface area (Å²) in [6, 6.07) is 3.61. The number of fused-ring (bicyclic) bond motifs is 1. The largest absolute Gasteiger partial charge is 0.297 e. The highest BCUT2D eigenvalue weighted by Gasteiger charge is 2.31. The zero-order valence-corrected chi connectivity index (χ0v) is 10.2. The van der Waals surface area contributed by atoms with Gasteiger partial charge in [-0.1, -0.05) is 15.9 Å². The van der Waals surface area contributed by atoms with Gasteiger partial charge in [-0.05, 0) is 12.1 Å². The summed E-state index contributed by atoms with van der Waals surface area (Å²) in [6.07, 6.45) is 1.68. The molecule has 17 heavy (non-hydrogen) atoms. The SMILES string of the molecule is O=C1CC(=O)N(c2nc3cc(Br)ccn3n2)C1. The van der Waals surface area contributed by atoms with Crippen molar-refractivity contribution in [3.05, 3.63) is 22.8 Å². The number of hydrogen-bond donors (Lipinski definition) is 0. The number of carbonyl (C=O) groups is 2. The Bertz CT molecular complexity index is 636. The Balaban J connectivity index is 2.06. The van der Waals surface area contributed by atoms with Crippen molar-refractivity contribution in [1.82, 2.24) is 14.6 Å². The van der Waals surface area contributed by atoms with E-state index in [1.807, 2.05) is 6.07 Å². The monoisotopic (exact) mass is 294 g/mol. The average Bonchev–Trinajstić information content (AvgIpc) is 2.80. The molecule has 1 fully saturated rings. The second-order valence-electron chi connectivity index (χ2n) is 3.75. The molecule has 0 unspecified atom stereocenters. The number of pyridine rings is 1. The number of halogens is 1. The van der Waals surface area contributed by atoms with Crippen LogP contribution in [0.4, 0.5) is 5.95 Å². The number of amides is 1. The van der Waals surface area contributed by atoms with Crippen molar-refractivity contribution in [3.63, 3.8) is 0 Å². The van der Waals surface area contributed by atoms with Crippen molar-refractivity contribution in [2.45, 2.75) is 6.42 Å².